The number of aromatic nitrogens is 3. The SMILES string of the molecule is Cc1ccc(CCNc2nc(NCCCCCN)nc(Nc3cccc(F)c3)n2)cc1. The second kappa shape index (κ2) is 11.8. The normalized spacial score (nSPS) is 10.7. The first-order valence-electron chi connectivity index (χ1n) is 10.6. The molecule has 7 nitrogen and oxygen atoms in total. The maximum Gasteiger partial charge on any atom is 0.233 e. The van der Waals surface area contributed by atoms with E-state index in [1.54, 1.807) is 12.1 Å². The summed E-state index contributed by atoms with van der Waals surface area (Å²) in [5.41, 5.74) is 8.60. The summed E-state index contributed by atoms with van der Waals surface area (Å²) in [4.78, 5) is 13.3. The van der Waals surface area contributed by atoms with Crippen molar-refractivity contribution in [2.45, 2.75) is 32.6 Å². The van der Waals surface area contributed by atoms with E-state index < -0.39 is 0 Å². The predicted molar refractivity (Wildman–Crippen MR) is 124 cm³/mol. The minimum atomic E-state index is -0.325. The number of aryl methyl sites for hydroxylation is 1. The fourth-order valence-electron chi connectivity index (χ4n) is 3.00. The Kier molecular flexibility index (Phi) is 8.54. The molecule has 164 valence electrons. The Labute approximate surface area is 182 Å². The highest BCUT2D eigenvalue weighted by Crippen LogP contribution is 2.17. The summed E-state index contributed by atoms with van der Waals surface area (Å²) in [6.45, 7) is 4.20. The maximum atomic E-state index is 13.5. The summed E-state index contributed by atoms with van der Waals surface area (Å²) in [5.74, 6) is 0.960. The minimum absolute atomic E-state index is 0.325. The van der Waals surface area contributed by atoms with E-state index in [4.69, 9.17) is 5.73 Å². The van der Waals surface area contributed by atoms with Crippen LogP contribution < -0.4 is 21.7 Å². The first-order valence-corrected chi connectivity index (χ1v) is 10.6. The zero-order valence-electron chi connectivity index (χ0n) is 17.9. The minimum Gasteiger partial charge on any atom is -0.354 e. The fraction of sp³-hybridized carbons (Fsp3) is 0.348. The molecule has 0 bridgehead atoms. The second-order valence-electron chi connectivity index (χ2n) is 7.38. The van der Waals surface area contributed by atoms with Crippen molar-refractivity contribution in [1.29, 1.82) is 0 Å². The number of nitrogens with two attached hydrogens (primary N) is 1. The lowest BCUT2D eigenvalue weighted by Gasteiger charge is -2.11. The summed E-state index contributed by atoms with van der Waals surface area (Å²) in [5, 5.41) is 9.55. The van der Waals surface area contributed by atoms with Crippen LogP contribution in [0.4, 0.5) is 27.9 Å². The third kappa shape index (κ3) is 7.82. The molecule has 0 spiro atoms. The molecule has 0 aliphatic heterocycles. The van der Waals surface area contributed by atoms with E-state index >= 15 is 0 Å². The Hall–Kier alpha value is -3.26. The van der Waals surface area contributed by atoms with Gasteiger partial charge >= 0.3 is 0 Å². The van der Waals surface area contributed by atoms with E-state index in [0.717, 1.165) is 32.2 Å². The summed E-state index contributed by atoms with van der Waals surface area (Å²) in [6.07, 6.45) is 3.87. The molecular weight excluding hydrogens is 393 g/mol. The van der Waals surface area contributed by atoms with Crippen molar-refractivity contribution in [2.75, 3.05) is 35.6 Å². The van der Waals surface area contributed by atoms with Crippen molar-refractivity contribution < 1.29 is 4.39 Å². The highest BCUT2D eigenvalue weighted by molar-refractivity contribution is 5.55. The molecule has 0 aliphatic rings. The Bertz CT molecular complexity index is 947. The van der Waals surface area contributed by atoms with E-state index in [1.807, 2.05) is 0 Å². The van der Waals surface area contributed by atoms with Crippen LogP contribution in [0.25, 0.3) is 0 Å². The number of rotatable bonds is 12. The molecule has 0 aliphatic carbocycles. The third-order valence-corrected chi connectivity index (χ3v) is 4.70. The molecule has 2 aromatic carbocycles. The van der Waals surface area contributed by atoms with Crippen molar-refractivity contribution in [3.63, 3.8) is 0 Å². The zero-order valence-corrected chi connectivity index (χ0v) is 17.9. The van der Waals surface area contributed by atoms with Gasteiger partial charge in [0.1, 0.15) is 5.82 Å². The zero-order chi connectivity index (χ0) is 21.9. The van der Waals surface area contributed by atoms with Gasteiger partial charge in [-0.1, -0.05) is 42.3 Å². The summed E-state index contributed by atoms with van der Waals surface area (Å²) >= 11 is 0. The molecule has 3 aromatic rings. The predicted octanol–water partition coefficient (Wildman–Crippen LogP) is 4.26. The molecule has 0 fully saturated rings. The van der Waals surface area contributed by atoms with Crippen molar-refractivity contribution in [3.05, 3.63) is 65.5 Å². The molecule has 5 N–H and O–H groups in total. The van der Waals surface area contributed by atoms with Crippen LogP contribution in [-0.4, -0.2) is 34.6 Å². The average Bonchev–Trinajstić information content (AvgIpc) is 2.75. The number of hydrogen-bond acceptors (Lipinski definition) is 7. The first-order chi connectivity index (χ1) is 15.1. The molecule has 0 unspecified atom stereocenters. The molecular formula is C23H30FN7. The van der Waals surface area contributed by atoms with Gasteiger partial charge in [-0.15, -0.1) is 0 Å². The number of nitrogens with one attached hydrogen (secondary N) is 3. The van der Waals surface area contributed by atoms with Gasteiger partial charge in [-0.2, -0.15) is 15.0 Å². The van der Waals surface area contributed by atoms with Crippen molar-refractivity contribution in [2.24, 2.45) is 5.73 Å². The third-order valence-electron chi connectivity index (χ3n) is 4.70. The quantitative estimate of drug-likeness (QED) is 0.323. The number of benzene rings is 2. The monoisotopic (exact) mass is 423 g/mol. The standard InChI is InChI=1S/C23H30FN7/c1-17-8-10-18(11-9-17)12-15-27-22-29-21(26-14-4-2-3-13-25)30-23(31-22)28-20-7-5-6-19(24)16-20/h5-11,16H,2-4,12-15,25H2,1H3,(H3,26,27,28,29,30,31). The van der Waals surface area contributed by atoms with Crippen LogP contribution in [0, 0.1) is 12.7 Å². The summed E-state index contributed by atoms with van der Waals surface area (Å²) < 4.78 is 13.5. The smallest absolute Gasteiger partial charge is 0.233 e. The second-order valence-corrected chi connectivity index (χ2v) is 7.38. The first kappa shape index (κ1) is 22.4. The number of halogens is 1. The van der Waals surface area contributed by atoms with Gasteiger partial charge in [0.2, 0.25) is 17.8 Å². The van der Waals surface area contributed by atoms with Gasteiger partial charge < -0.3 is 21.7 Å². The van der Waals surface area contributed by atoms with Crippen LogP contribution in [0.1, 0.15) is 30.4 Å². The van der Waals surface area contributed by atoms with Crippen LogP contribution in [-0.2, 0) is 6.42 Å². The lowest BCUT2D eigenvalue weighted by atomic mass is 10.1. The van der Waals surface area contributed by atoms with Gasteiger partial charge in [0.25, 0.3) is 0 Å². The Balaban J connectivity index is 1.66. The van der Waals surface area contributed by atoms with Gasteiger partial charge in [0.15, 0.2) is 0 Å². The molecule has 0 saturated heterocycles. The van der Waals surface area contributed by atoms with Gasteiger partial charge in [-0.25, -0.2) is 4.39 Å². The number of hydrogen-bond donors (Lipinski definition) is 4. The van der Waals surface area contributed by atoms with Crippen molar-refractivity contribution >= 4 is 23.5 Å². The molecule has 1 aromatic heterocycles. The topological polar surface area (TPSA) is 101 Å². The largest absolute Gasteiger partial charge is 0.354 e. The highest BCUT2D eigenvalue weighted by Gasteiger charge is 2.08. The van der Waals surface area contributed by atoms with E-state index in [0.29, 0.717) is 36.6 Å². The molecule has 31 heavy (non-hydrogen) atoms. The summed E-state index contributed by atoms with van der Waals surface area (Å²) in [7, 11) is 0. The molecule has 0 radical (unpaired) electrons. The lowest BCUT2D eigenvalue weighted by Crippen LogP contribution is -2.13. The Morgan fingerprint density at radius 1 is 0.839 bits per heavy atom. The van der Waals surface area contributed by atoms with Crippen LogP contribution in [0.3, 0.4) is 0 Å². The molecule has 1 heterocycles. The highest BCUT2D eigenvalue weighted by atomic mass is 19.1. The molecule has 0 amide bonds. The molecule has 8 heteroatoms. The number of anilines is 4. The summed E-state index contributed by atoms with van der Waals surface area (Å²) in [6, 6.07) is 14.6. The van der Waals surface area contributed by atoms with E-state index in [9.17, 15) is 4.39 Å². The van der Waals surface area contributed by atoms with Gasteiger partial charge in [-0.3, -0.25) is 0 Å². The van der Waals surface area contributed by atoms with Gasteiger partial charge in [0.05, 0.1) is 0 Å². The molecule has 3 rings (SSSR count). The van der Waals surface area contributed by atoms with E-state index in [-0.39, 0.29) is 5.82 Å². The van der Waals surface area contributed by atoms with Crippen LogP contribution >= 0.6 is 0 Å². The van der Waals surface area contributed by atoms with Crippen LogP contribution in [0.5, 0.6) is 0 Å². The Morgan fingerprint density at radius 3 is 2.26 bits per heavy atom. The maximum absolute atomic E-state index is 13.5. The van der Waals surface area contributed by atoms with Gasteiger partial charge in [-0.05, 0) is 56.5 Å². The number of nitrogens with zero attached hydrogens (tertiary/aromatic N) is 3. The lowest BCUT2D eigenvalue weighted by molar-refractivity contribution is 0.628. The fourth-order valence-corrected chi connectivity index (χ4v) is 3.00. The van der Waals surface area contributed by atoms with Crippen LogP contribution in [0.15, 0.2) is 48.5 Å². The number of unbranched alkanes of at least 4 members (excludes halogenated alkanes) is 2. The van der Waals surface area contributed by atoms with Gasteiger partial charge in [0, 0.05) is 18.8 Å². The molecule has 0 saturated carbocycles. The average molecular weight is 424 g/mol. The van der Waals surface area contributed by atoms with E-state index in [1.165, 1.54) is 23.3 Å². The van der Waals surface area contributed by atoms with Crippen molar-refractivity contribution in [1.82, 2.24) is 15.0 Å². The molecule has 0 atom stereocenters. The van der Waals surface area contributed by atoms with Crippen molar-refractivity contribution in [3.8, 4) is 0 Å². The van der Waals surface area contributed by atoms with E-state index in [2.05, 4.69) is 62.1 Å². The Morgan fingerprint density at radius 2 is 1.55 bits per heavy atom. The van der Waals surface area contributed by atoms with Crippen LogP contribution in [0.2, 0.25) is 0 Å².